The van der Waals surface area contributed by atoms with Crippen LogP contribution < -0.4 is 0 Å². The highest BCUT2D eigenvalue weighted by Crippen LogP contribution is 2.65. The van der Waals surface area contributed by atoms with E-state index in [1.54, 1.807) is 0 Å². The van der Waals surface area contributed by atoms with Gasteiger partial charge in [0.25, 0.3) is 0 Å². The number of alkyl halides is 2. The number of hydrogen-bond acceptors (Lipinski definition) is 1. The Hall–Kier alpha value is -1.25. The molecule has 3 heteroatoms. The molecule has 0 N–H and O–H groups in total. The smallest absolute Gasteiger partial charge is 0.239 e. The number of fused-ring (bicyclic) bond motifs is 2. The van der Waals surface area contributed by atoms with Crippen molar-refractivity contribution in [2.45, 2.75) is 71.1 Å². The first kappa shape index (κ1) is 18.5. The van der Waals surface area contributed by atoms with E-state index in [1.165, 1.54) is 5.56 Å². The second-order valence-corrected chi connectivity index (χ2v) is 8.99. The lowest BCUT2D eigenvalue weighted by Gasteiger charge is -2.61. The standard InChI is InChI=1S/C22H30F2O/c1-4-22(13-19(23)24)16(2)10-21(17-8-6-5-7-9-17)12-18(22)11-20(3,14-21)15-25/h5-9,15-16,18-19H,4,10-14H2,1-3H3. The molecule has 0 amide bonds. The topological polar surface area (TPSA) is 17.1 Å². The summed E-state index contributed by atoms with van der Waals surface area (Å²) in [5, 5.41) is 0. The molecule has 3 rings (SSSR count). The molecule has 5 unspecified atom stereocenters. The van der Waals surface area contributed by atoms with Gasteiger partial charge >= 0.3 is 0 Å². The van der Waals surface area contributed by atoms with E-state index < -0.39 is 11.8 Å². The van der Waals surface area contributed by atoms with E-state index in [4.69, 9.17) is 0 Å². The van der Waals surface area contributed by atoms with Crippen molar-refractivity contribution >= 4 is 6.29 Å². The lowest BCUT2D eigenvalue weighted by molar-refractivity contribution is -0.134. The van der Waals surface area contributed by atoms with Gasteiger partial charge in [-0.1, -0.05) is 51.1 Å². The zero-order valence-electron chi connectivity index (χ0n) is 15.6. The number of halogens is 2. The summed E-state index contributed by atoms with van der Waals surface area (Å²) in [4.78, 5) is 11.9. The van der Waals surface area contributed by atoms with Crippen molar-refractivity contribution in [3.63, 3.8) is 0 Å². The predicted molar refractivity (Wildman–Crippen MR) is 96.8 cm³/mol. The van der Waals surface area contributed by atoms with Crippen molar-refractivity contribution in [3.8, 4) is 0 Å². The molecule has 0 radical (unpaired) electrons. The van der Waals surface area contributed by atoms with E-state index >= 15 is 0 Å². The third-order valence-electron chi connectivity index (χ3n) is 7.45. The fourth-order valence-corrected chi connectivity index (χ4v) is 6.43. The minimum Gasteiger partial charge on any atom is -0.303 e. The summed E-state index contributed by atoms with van der Waals surface area (Å²) in [6.07, 6.45) is 2.96. The zero-order chi connectivity index (χ0) is 18.3. The van der Waals surface area contributed by atoms with Gasteiger partial charge in [0.15, 0.2) is 0 Å². The first-order chi connectivity index (χ1) is 11.8. The van der Waals surface area contributed by atoms with Crippen LogP contribution in [0.3, 0.4) is 0 Å². The van der Waals surface area contributed by atoms with Crippen LogP contribution in [0.25, 0.3) is 0 Å². The molecule has 0 saturated heterocycles. The summed E-state index contributed by atoms with van der Waals surface area (Å²) in [6, 6.07) is 10.4. The maximum absolute atomic E-state index is 13.5. The second kappa shape index (κ2) is 6.48. The van der Waals surface area contributed by atoms with Gasteiger partial charge in [-0.05, 0) is 60.3 Å². The van der Waals surface area contributed by atoms with Gasteiger partial charge < -0.3 is 4.79 Å². The summed E-state index contributed by atoms with van der Waals surface area (Å²) in [5.74, 6) is 0.418. The molecule has 1 nitrogen and oxygen atoms in total. The summed E-state index contributed by atoms with van der Waals surface area (Å²) in [6.45, 7) is 6.25. The average Bonchev–Trinajstić information content (AvgIpc) is 2.58. The molecule has 1 aromatic rings. The van der Waals surface area contributed by atoms with Crippen molar-refractivity contribution in [2.75, 3.05) is 0 Å². The number of carbonyl (C=O) groups is 1. The molecule has 0 aliphatic heterocycles. The molecule has 2 aliphatic carbocycles. The fourth-order valence-electron chi connectivity index (χ4n) is 6.43. The first-order valence-corrected chi connectivity index (χ1v) is 9.59. The Bertz CT molecular complexity index is 612. The van der Waals surface area contributed by atoms with Crippen LogP contribution in [-0.2, 0) is 10.2 Å². The third-order valence-corrected chi connectivity index (χ3v) is 7.45. The van der Waals surface area contributed by atoms with E-state index in [2.05, 4.69) is 38.1 Å². The van der Waals surface area contributed by atoms with Gasteiger partial charge in [0.05, 0.1) is 0 Å². The lowest BCUT2D eigenvalue weighted by Crippen LogP contribution is -2.56. The largest absolute Gasteiger partial charge is 0.303 e. The van der Waals surface area contributed by atoms with Crippen LogP contribution in [0.5, 0.6) is 0 Å². The van der Waals surface area contributed by atoms with E-state index in [1.807, 2.05) is 13.0 Å². The number of hydrogen-bond donors (Lipinski definition) is 0. The molecular formula is C22H30F2O. The molecule has 2 bridgehead atoms. The maximum Gasteiger partial charge on any atom is 0.239 e. The van der Waals surface area contributed by atoms with Crippen LogP contribution in [0.4, 0.5) is 8.78 Å². The van der Waals surface area contributed by atoms with Gasteiger partial charge in [-0.2, -0.15) is 0 Å². The Labute approximate surface area is 150 Å². The van der Waals surface area contributed by atoms with Crippen LogP contribution in [0.15, 0.2) is 30.3 Å². The van der Waals surface area contributed by atoms with Crippen LogP contribution in [0, 0.1) is 22.7 Å². The molecule has 0 heterocycles. The third kappa shape index (κ3) is 3.04. The van der Waals surface area contributed by atoms with Gasteiger partial charge in [-0.15, -0.1) is 0 Å². The van der Waals surface area contributed by atoms with Gasteiger partial charge in [0.2, 0.25) is 6.43 Å². The molecule has 25 heavy (non-hydrogen) atoms. The van der Waals surface area contributed by atoms with Crippen molar-refractivity contribution in [1.29, 1.82) is 0 Å². The lowest BCUT2D eigenvalue weighted by atomic mass is 9.42. The first-order valence-electron chi connectivity index (χ1n) is 9.59. The average molecular weight is 348 g/mol. The highest BCUT2D eigenvalue weighted by atomic mass is 19.3. The highest BCUT2D eigenvalue weighted by Gasteiger charge is 2.59. The van der Waals surface area contributed by atoms with E-state index in [0.29, 0.717) is 0 Å². The highest BCUT2D eigenvalue weighted by molar-refractivity contribution is 5.60. The monoisotopic (exact) mass is 348 g/mol. The normalized spacial score (nSPS) is 40.9. The summed E-state index contributed by atoms with van der Waals surface area (Å²) < 4.78 is 26.9. The van der Waals surface area contributed by atoms with Gasteiger partial charge in [-0.3, -0.25) is 0 Å². The Balaban J connectivity index is 2.08. The molecular weight excluding hydrogens is 318 g/mol. The molecule has 0 spiro atoms. The molecule has 2 saturated carbocycles. The van der Waals surface area contributed by atoms with Gasteiger partial charge in [0, 0.05) is 11.8 Å². The Kier molecular flexibility index (Phi) is 4.81. The number of carbonyl (C=O) groups excluding carboxylic acids is 1. The Morgan fingerprint density at radius 2 is 1.88 bits per heavy atom. The SMILES string of the molecule is CCC1(CC(F)F)C(C)CC2(c3ccccc3)CC1CC(C)(C=O)C2. The summed E-state index contributed by atoms with van der Waals surface area (Å²) in [5.41, 5.74) is 0.458. The number of rotatable bonds is 5. The van der Waals surface area contributed by atoms with Crippen molar-refractivity contribution in [3.05, 3.63) is 35.9 Å². The Morgan fingerprint density at radius 3 is 2.44 bits per heavy atom. The molecule has 2 aliphatic rings. The minimum absolute atomic E-state index is 0.0326. The molecule has 0 aromatic heterocycles. The van der Waals surface area contributed by atoms with Gasteiger partial charge in [-0.25, -0.2) is 8.78 Å². The molecule has 2 fully saturated rings. The van der Waals surface area contributed by atoms with Crippen molar-refractivity contribution < 1.29 is 13.6 Å². The van der Waals surface area contributed by atoms with Crippen LogP contribution in [0.2, 0.25) is 0 Å². The van der Waals surface area contributed by atoms with Crippen molar-refractivity contribution in [2.24, 2.45) is 22.7 Å². The Morgan fingerprint density at radius 1 is 1.20 bits per heavy atom. The van der Waals surface area contributed by atoms with E-state index in [0.717, 1.165) is 38.4 Å². The quantitative estimate of drug-likeness (QED) is 0.595. The fraction of sp³-hybridized carbons (Fsp3) is 0.682. The molecule has 138 valence electrons. The molecule has 5 atom stereocenters. The van der Waals surface area contributed by atoms with Crippen LogP contribution in [0.1, 0.15) is 64.9 Å². The summed E-state index contributed by atoms with van der Waals surface area (Å²) >= 11 is 0. The number of aldehydes is 1. The van der Waals surface area contributed by atoms with Crippen LogP contribution in [-0.4, -0.2) is 12.7 Å². The molecule has 1 aromatic carbocycles. The predicted octanol–water partition coefficient (Wildman–Crippen LogP) is 6.02. The minimum atomic E-state index is -2.28. The summed E-state index contributed by atoms with van der Waals surface area (Å²) in [7, 11) is 0. The van der Waals surface area contributed by atoms with E-state index in [9.17, 15) is 13.6 Å². The van der Waals surface area contributed by atoms with Gasteiger partial charge in [0.1, 0.15) is 6.29 Å². The van der Waals surface area contributed by atoms with Crippen LogP contribution >= 0.6 is 0 Å². The number of benzene rings is 1. The maximum atomic E-state index is 13.5. The second-order valence-electron chi connectivity index (χ2n) is 8.99. The van der Waals surface area contributed by atoms with Crippen molar-refractivity contribution in [1.82, 2.24) is 0 Å². The van der Waals surface area contributed by atoms with E-state index in [-0.39, 0.29) is 29.1 Å². The zero-order valence-corrected chi connectivity index (χ0v) is 15.6.